The highest BCUT2D eigenvalue weighted by molar-refractivity contribution is 5.71. The van der Waals surface area contributed by atoms with Gasteiger partial charge in [-0.3, -0.25) is 14.4 Å². The maximum Gasteiger partial charge on any atom is 0.306 e. The van der Waals surface area contributed by atoms with Gasteiger partial charge in [-0.05, 0) is 31.1 Å². The van der Waals surface area contributed by atoms with E-state index in [1.54, 1.807) is 0 Å². The van der Waals surface area contributed by atoms with Gasteiger partial charge in [0.05, 0.1) is 0 Å². The first-order valence-electron chi connectivity index (χ1n) is 26.2. The molecule has 0 saturated carbocycles. The summed E-state index contributed by atoms with van der Waals surface area (Å²) in [4.78, 5) is 37.9. The van der Waals surface area contributed by atoms with Gasteiger partial charge >= 0.3 is 17.9 Å². The van der Waals surface area contributed by atoms with Crippen molar-refractivity contribution in [2.24, 2.45) is 11.8 Å². The summed E-state index contributed by atoms with van der Waals surface area (Å²) >= 11 is 0. The molecular weight excluding hydrogens is 733 g/mol. The van der Waals surface area contributed by atoms with Gasteiger partial charge in [0.25, 0.3) is 0 Å². The maximum atomic E-state index is 12.8. The van der Waals surface area contributed by atoms with Gasteiger partial charge in [-0.2, -0.15) is 0 Å². The van der Waals surface area contributed by atoms with Gasteiger partial charge in [0.15, 0.2) is 6.10 Å². The number of rotatable bonds is 47. The van der Waals surface area contributed by atoms with Crippen molar-refractivity contribution in [3.05, 3.63) is 0 Å². The van der Waals surface area contributed by atoms with Crippen LogP contribution in [-0.2, 0) is 28.6 Å². The van der Waals surface area contributed by atoms with E-state index in [4.69, 9.17) is 14.2 Å². The third-order valence-electron chi connectivity index (χ3n) is 12.0. The summed E-state index contributed by atoms with van der Waals surface area (Å²) < 4.78 is 16.8. The molecule has 0 fully saturated rings. The van der Waals surface area contributed by atoms with Gasteiger partial charge in [-0.15, -0.1) is 0 Å². The van der Waals surface area contributed by atoms with E-state index in [2.05, 4.69) is 34.6 Å². The molecule has 0 aromatic heterocycles. The van der Waals surface area contributed by atoms with E-state index >= 15 is 0 Å². The molecule has 0 aliphatic carbocycles. The van der Waals surface area contributed by atoms with Crippen LogP contribution in [0.25, 0.3) is 0 Å². The highest BCUT2D eigenvalue weighted by Crippen LogP contribution is 2.17. The number of esters is 3. The lowest BCUT2D eigenvalue weighted by atomic mass is 10.0. The largest absolute Gasteiger partial charge is 0.462 e. The molecule has 0 radical (unpaired) electrons. The number of ether oxygens (including phenoxy) is 3. The number of hydrogen-bond acceptors (Lipinski definition) is 6. The Morgan fingerprint density at radius 2 is 0.559 bits per heavy atom. The number of carbonyl (C=O) groups is 3. The summed E-state index contributed by atoms with van der Waals surface area (Å²) in [6, 6.07) is 0. The van der Waals surface area contributed by atoms with Crippen LogP contribution in [-0.4, -0.2) is 37.2 Å². The van der Waals surface area contributed by atoms with Gasteiger partial charge in [0, 0.05) is 19.3 Å². The number of hydrogen-bond donors (Lipinski definition) is 0. The smallest absolute Gasteiger partial charge is 0.306 e. The summed E-state index contributed by atoms with van der Waals surface area (Å²) in [5, 5.41) is 0. The van der Waals surface area contributed by atoms with Gasteiger partial charge in [0.1, 0.15) is 13.2 Å². The summed E-state index contributed by atoms with van der Waals surface area (Å²) in [6.07, 6.45) is 46.8. The van der Waals surface area contributed by atoms with E-state index in [1.807, 2.05) is 0 Å². The second kappa shape index (κ2) is 45.9. The predicted octanol–water partition coefficient (Wildman–Crippen LogP) is 16.9. The van der Waals surface area contributed by atoms with E-state index in [0.29, 0.717) is 19.3 Å². The van der Waals surface area contributed by atoms with Gasteiger partial charge in [-0.25, -0.2) is 0 Å². The quantitative estimate of drug-likeness (QED) is 0.0345. The summed E-state index contributed by atoms with van der Waals surface area (Å²) in [7, 11) is 0. The summed E-state index contributed by atoms with van der Waals surface area (Å²) in [5.74, 6) is 0.725. The highest BCUT2D eigenvalue weighted by Gasteiger charge is 2.19. The molecule has 0 N–H and O–H groups in total. The van der Waals surface area contributed by atoms with Crippen molar-refractivity contribution in [3.8, 4) is 0 Å². The van der Waals surface area contributed by atoms with Crippen LogP contribution in [0, 0.1) is 11.8 Å². The summed E-state index contributed by atoms with van der Waals surface area (Å²) in [6.45, 7) is 11.3. The van der Waals surface area contributed by atoms with Gasteiger partial charge < -0.3 is 14.2 Å². The van der Waals surface area contributed by atoms with Crippen LogP contribution in [0.15, 0.2) is 0 Å². The van der Waals surface area contributed by atoms with Crippen LogP contribution in [0.2, 0.25) is 0 Å². The summed E-state index contributed by atoms with van der Waals surface area (Å²) in [5.41, 5.74) is 0. The molecule has 0 spiro atoms. The highest BCUT2D eigenvalue weighted by atomic mass is 16.6. The standard InChI is InChI=1S/C53H102O6/c1-6-7-8-9-10-11-12-13-14-15-16-17-18-19-20-24-27-33-38-43-51(54)57-46-50(47-58-52(55)44-39-34-30-29-32-37-42-49(4)5)59-53(56)45-40-35-28-25-22-21-23-26-31-36-41-48(2)3/h48-50H,6-47H2,1-5H3/t50-/m1/s1. The number of unbranched alkanes of at least 4 members (excludes halogenated alkanes) is 32. The molecule has 350 valence electrons. The second-order valence-corrected chi connectivity index (χ2v) is 19.1. The Bertz CT molecular complexity index is 900. The monoisotopic (exact) mass is 835 g/mol. The lowest BCUT2D eigenvalue weighted by Crippen LogP contribution is -2.30. The fourth-order valence-electron chi connectivity index (χ4n) is 7.99. The van der Waals surface area contributed by atoms with E-state index < -0.39 is 6.10 Å². The first-order chi connectivity index (χ1) is 28.7. The molecular formula is C53H102O6. The normalized spacial score (nSPS) is 12.1. The molecule has 0 aliphatic rings. The van der Waals surface area contributed by atoms with Crippen LogP contribution in [0.4, 0.5) is 0 Å². The molecule has 0 aromatic carbocycles. The molecule has 0 amide bonds. The Morgan fingerprint density at radius 3 is 0.831 bits per heavy atom. The maximum absolute atomic E-state index is 12.8. The van der Waals surface area contributed by atoms with Crippen molar-refractivity contribution in [1.82, 2.24) is 0 Å². The molecule has 0 unspecified atom stereocenters. The molecule has 0 rings (SSSR count). The molecule has 0 bridgehead atoms. The average Bonchev–Trinajstić information content (AvgIpc) is 3.20. The van der Waals surface area contributed by atoms with Crippen molar-refractivity contribution in [1.29, 1.82) is 0 Å². The predicted molar refractivity (Wildman–Crippen MR) is 252 cm³/mol. The Balaban J connectivity index is 4.22. The van der Waals surface area contributed by atoms with Crippen LogP contribution in [0.5, 0.6) is 0 Å². The molecule has 0 aliphatic heterocycles. The third-order valence-corrected chi connectivity index (χ3v) is 12.0. The molecule has 6 heteroatoms. The zero-order chi connectivity index (χ0) is 43.3. The third kappa shape index (κ3) is 47.3. The van der Waals surface area contributed by atoms with E-state index in [0.717, 1.165) is 69.6 Å². The zero-order valence-corrected chi connectivity index (χ0v) is 40.4. The van der Waals surface area contributed by atoms with E-state index in [9.17, 15) is 14.4 Å². The van der Waals surface area contributed by atoms with Crippen LogP contribution in [0.1, 0.15) is 291 Å². The minimum Gasteiger partial charge on any atom is -0.462 e. The molecule has 0 saturated heterocycles. The fourth-order valence-corrected chi connectivity index (χ4v) is 7.99. The van der Waals surface area contributed by atoms with Gasteiger partial charge in [0.2, 0.25) is 0 Å². The van der Waals surface area contributed by atoms with Crippen molar-refractivity contribution < 1.29 is 28.6 Å². The lowest BCUT2D eigenvalue weighted by molar-refractivity contribution is -0.167. The molecule has 59 heavy (non-hydrogen) atoms. The SMILES string of the molecule is CCCCCCCCCCCCCCCCCCCCCC(=O)OC[C@H](COC(=O)CCCCCCCCC(C)C)OC(=O)CCCCCCCCCCCCC(C)C. The van der Waals surface area contributed by atoms with Crippen molar-refractivity contribution >= 4 is 17.9 Å². The Kier molecular flexibility index (Phi) is 44.7. The van der Waals surface area contributed by atoms with E-state index in [-0.39, 0.29) is 31.1 Å². The fraction of sp³-hybridized carbons (Fsp3) is 0.943. The molecule has 0 aromatic rings. The average molecular weight is 835 g/mol. The molecule has 0 heterocycles. The van der Waals surface area contributed by atoms with Crippen LogP contribution in [0.3, 0.4) is 0 Å². The lowest BCUT2D eigenvalue weighted by Gasteiger charge is -2.18. The Labute approximate surface area is 368 Å². The number of carbonyl (C=O) groups excluding carboxylic acids is 3. The van der Waals surface area contributed by atoms with E-state index in [1.165, 1.54) is 180 Å². The van der Waals surface area contributed by atoms with Crippen molar-refractivity contribution in [3.63, 3.8) is 0 Å². The van der Waals surface area contributed by atoms with Crippen molar-refractivity contribution in [2.45, 2.75) is 298 Å². The molecule has 6 nitrogen and oxygen atoms in total. The van der Waals surface area contributed by atoms with Gasteiger partial charge in [-0.1, -0.05) is 253 Å². The second-order valence-electron chi connectivity index (χ2n) is 19.1. The first kappa shape index (κ1) is 57.4. The minimum atomic E-state index is -0.762. The van der Waals surface area contributed by atoms with Crippen LogP contribution < -0.4 is 0 Å². The Morgan fingerprint density at radius 1 is 0.322 bits per heavy atom. The molecule has 1 atom stereocenters. The minimum absolute atomic E-state index is 0.0647. The van der Waals surface area contributed by atoms with Crippen LogP contribution >= 0.6 is 0 Å². The topological polar surface area (TPSA) is 78.9 Å². The first-order valence-corrected chi connectivity index (χ1v) is 26.2. The van der Waals surface area contributed by atoms with Crippen molar-refractivity contribution in [2.75, 3.05) is 13.2 Å². The zero-order valence-electron chi connectivity index (χ0n) is 40.4. The Hall–Kier alpha value is -1.59.